The summed E-state index contributed by atoms with van der Waals surface area (Å²) in [4.78, 5) is 2.53. The van der Waals surface area contributed by atoms with E-state index in [0.29, 0.717) is 21.4 Å². The molecule has 1 unspecified atom stereocenters. The van der Waals surface area contributed by atoms with Crippen LogP contribution in [0.5, 0.6) is 5.75 Å². The molecule has 0 saturated carbocycles. The van der Waals surface area contributed by atoms with Crippen LogP contribution in [-0.2, 0) is 10.0 Å². The molecular weight excluding hydrogens is 408 g/mol. The lowest BCUT2D eigenvalue weighted by Gasteiger charge is -2.20. The molecule has 1 heterocycles. The molecule has 1 aliphatic rings. The van der Waals surface area contributed by atoms with Crippen molar-refractivity contribution in [1.29, 1.82) is 0 Å². The van der Waals surface area contributed by atoms with Crippen molar-refractivity contribution in [3.8, 4) is 5.75 Å². The molecule has 0 aliphatic carbocycles. The second kappa shape index (κ2) is 8.17. The highest BCUT2D eigenvalue weighted by molar-refractivity contribution is 7.92. The Morgan fingerprint density at radius 2 is 1.62 bits per heavy atom. The summed E-state index contributed by atoms with van der Waals surface area (Å²) in [6.45, 7) is 11.5. The zero-order chi connectivity index (χ0) is 21.5. The fraction of sp³-hybridized carbons (Fsp3) is 0.455. The van der Waals surface area contributed by atoms with E-state index in [1.165, 1.54) is 0 Å². The zero-order valence-electron chi connectivity index (χ0n) is 17.9. The van der Waals surface area contributed by atoms with Gasteiger partial charge < -0.3 is 9.64 Å². The fourth-order valence-electron chi connectivity index (χ4n) is 3.90. The molecule has 1 fully saturated rings. The number of hydrogen-bond acceptors (Lipinski definition) is 4. The highest BCUT2D eigenvalue weighted by atomic mass is 35.5. The Labute approximate surface area is 179 Å². The Morgan fingerprint density at radius 3 is 2.17 bits per heavy atom. The Kier molecular flexibility index (Phi) is 6.18. The first-order valence-corrected chi connectivity index (χ1v) is 11.6. The van der Waals surface area contributed by atoms with Gasteiger partial charge in [-0.2, -0.15) is 0 Å². The summed E-state index contributed by atoms with van der Waals surface area (Å²) in [6.07, 6.45) is 0.972. The van der Waals surface area contributed by atoms with Gasteiger partial charge in [0.2, 0.25) is 0 Å². The van der Waals surface area contributed by atoms with Gasteiger partial charge in [0.1, 0.15) is 11.9 Å². The van der Waals surface area contributed by atoms with Gasteiger partial charge in [0.15, 0.2) is 0 Å². The molecule has 158 valence electrons. The molecule has 1 atom stereocenters. The number of hydrogen-bond donors (Lipinski definition) is 1. The van der Waals surface area contributed by atoms with Crippen molar-refractivity contribution in [2.45, 2.75) is 52.0 Å². The first-order valence-electron chi connectivity index (χ1n) is 9.75. The highest BCUT2D eigenvalue weighted by Crippen LogP contribution is 2.33. The van der Waals surface area contributed by atoms with Crippen molar-refractivity contribution >= 4 is 27.3 Å². The monoisotopic (exact) mass is 436 g/mol. The van der Waals surface area contributed by atoms with Gasteiger partial charge >= 0.3 is 0 Å². The fourth-order valence-corrected chi connectivity index (χ4v) is 5.72. The van der Waals surface area contributed by atoms with Crippen LogP contribution in [0.25, 0.3) is 0 Å². The van der Waals surface area contributed by atoms with Gasteiger partial charge in [-0.3, -0.25) is 4.72 Å². The largest absolute Gasteiger partial charge is 0.487 e. The number of benzene rings is 2. The molecule has 2 aromatic carbocycles. The summed E-state index contributed by atoms with van der Waals surface area (Å²) >= 11 is 6.29. The molecule has 1 aliphatic heterocycles. The molecule has 0 amide bonds. The first kappa shape index (κ1) is 21.9. The van der Waals surface area contributed by atoms with E-state index >= 15 is 0 Å². The van der Waals surface area contributed by atoms with Gasteiger partial charge in [-0.25, -0.2) is 8.42 Å². The van der Waals surface area contributed by atoms with Crippen molar-refractivity contribution in [1.82, 2.24) is 4.90 Å². The van der Waals surface area contributed by atoms with E-state index in [1.807, 2.05) is 41.7 Å². The number of nitrogens with zero attached hydrogens (tertiary/aromatic N) is 1. The molecular formula is C22H29ClN2O3S. The summed E-state index contributed by atoms with van der Waals surface area (Å²) in [5, 5.41) is 0.469. The second-order valence-corrected chi connectivity index (χ2v) is 10.0. The van der Waals surface area contributed by atoms with E-state index < -0.39 is 10.0 Å². The quantitative estimate of drug-likeness (QED) is 0.733. The lowest BCUT2D eigenvalue weighted by molar-refractivity contribution is 0.208. The van der Waals surface area contributed by atoms with Crippen molar-refractivity contribution in [3.05, 3.63) is 51.0 Å². The van der Waals surface area contributed by atoms with Crippen LogP contribution in [0.3, 0.4) is 0 Å². The predicted octanol–water partition coefficient (Wildman–Crippen LogP) is 4.77. The van der Waals surface area contributed by atoms with Crippen LogP contribution in [0.4, 0.5) is 5.69 Å². The van der Waals surface area contributed by atoms with Crippen molar-refractivity contribution in [3.63, 3.8) is 0 Å². The lowest BCUT2D eigenvalue weighted by atomic mass is 9.95. The maximum Gasteiger partial charge on any atom is 0.262 e. The van der Waals surface area contributed by atoms with Gasteiger partial charge in [0, 0.05) is 19.2 Å². The number of halogens is 1. The third-order valence-corrected chi connectivity index (χ3v) is 7.99. The minimum atomic E-state index is -3.76. The number of sulfonamides is 1. The second-order valence-electron chi connectivity index (χ2n) is 8.00. The van der Waals surface area contributed by atoms with Crippen LogP contribution in [0.1, 0.15) is 34.2 Å². The van der Waals surface area contributed by atoms with Gasteiger partial charge in [0.05, 0.1) is 15.6 Å². The molecule has 0 spiro atoms. The first-order chi connectivity index (χ1) is 13.5. The predicted molar refractivity (Wildman–Crippen MR) is 119 cm³/mol. The van der Waals surface area contributed by atoms with Crippen LogP contribution >= 0.6 is 11.6 Å². The summed E-state index contributed by atoms with van der Waals surface area (Å²) in [5.41, 5.74) is 5.11. The molecule has 0 bridgehead atoms. The standard InChI is InChI=1S/C22H29ClN2O3S/c1-13-14(2)16(4)22(17(5)15(13)3)29(26,27)24-18-7-8-20(23)21(11-18)28-19-9-10-25(6)12-19/h7-8,11,19,24H,9-10,12H2,1-6H3. The van der Waals surface area contributed by atoms with E-state index in [1.54, 1.807) is 18.2 Å². The number of likely N-dealkylation sites (tertiary alicyclic amines) is 1. The third kappa shape index (κ3) is 4.39. The molecule has 2 aromatic rings. The molecule has 0 aromatic heterocycles. The van der Waals surface area contributed by atoms with Crippen LogP contribution < -0.4 is 9.46 Å². The minimum absolute atomic E-state index is 0.0521. The van der Waals surface area contributed by atoms with E-state index in [9.17, 15) is 8.42 Å². The van der Waals surface area contributed by atoms with E-state index in [-0.39, 0.29) is 6.10 Å². The van der Waals surface area contributed by atoms with Crippen LogP contribution in [0.2, 0.25) is 5.02 Å². The van der Waals surface area contributed by atoms with Gasteiger partial charge in [0.25, 0.3) is 10.0 Å². The molecule has 7 heteroatoms. The number of rotatable bonds is 5. The number of anilines is 1. The minimum Gasteiger partial charge on any atom is -0.487 e. The molecule has 29 heavy (non-hydrogen) atoms. The Morgan fingerprint density at radius 1 is 1.03 bits per heavy atom. The Hall–Kier alpha value is -1.76. The molecule has 0 radical (unpaired) electrons. The third-order valence-electron chi connectivity index (χ3n) is 6.03. The smallest absolute Gasteiger partial charge is 0.262 e. The Balaban J connectivity index is 1.93. The lowest BCUT2D eigenvalue weighted by Crippen LogP contribution is -2.21. The average Bonchev–Trinajstić information content (AvgIpc) is 3.05. The topological polar surface area (TPSA) is 58.6 Å². The van der Waals surface area contributed by atoms with Crippen molar-refractivity contribution < 1.29 is 13.2 Å². The number of ether oxygens (including phenoxy) is 1. The van der Waals surface area contributed by atoms with E-state index in [4.69, 9.17) is 16.3 Å². The van der Waals surface area contributed by atoms with Crippen LogP contribution in [-0.4, -0.2) is 39.6 Å². The Bertz CT molecular complexity index is 1020. The maximum absolute atomic E-state index is 13.3. The highest BCUT2D eigenvalue weighted by Gasteiger charge is 2.25. The van der Waals surface area contributed by atoms with Gasteiger partial charge in [-0.15, -0.1) is 0 Å². The van der Waals surface area contributed by atoms with Gasteiger partial charge in [-0.05, 0) is 88.0 Å². The summed E-state index contributed by atoms with van der Waals surface area (Å²) < 4.78 is 35.2. The summed E-state index contributed by atoms with van der Waals surface area (Å²) in [6, 6.07) is 4.99. The number of likely N-dealkylation sites (N-methyl/N-ethyl adjacent to an activating group) is 1. The molecule has 1 N–H and O–H groups in total. The van der Waals surface area contributed by atoms with Crippen molar-refractivity contribution in [2.75, 3.05) is 24.9 Å². The zero-order valence-corrected chi connectivity index (χ0v) is 19.5. The van der Waals surface area contributed by atoms with Crippen LogP contribution in [0, 0.1) is 34.6 Å². The van der Waals surface area contributed by atoms with Gasteiger partial charge in [-0.1, -0.05) is 11.6 Å². The summed E-state index contributed by atoms with van der Waals surface area (Å²) in [5.74, 6) is 0.497. The van der Waals surface area contributed by atoms with Crippen molar-refractivity contribution in [2.24, 2.45) is 0 Å². The van der Waals surface area contributed by atoms with Crippen LogP contribution in [0.15, 0.2) is 23.1 Å². The number of nitrogens with one attached hydrogen (secondary N) is 1. The summed E-state index contributed by atoms with van der Waals surface area (Å²) in [7, 11) is -1.71. The molecule has 3 rings (SSSR count). The normalized spacial score (nSPS) is 17.6. The van der Waals surface area contributed by atoms with E-state index in [2.05, 4.69) is 9.62 Å². The SMILES string of the molecule is Cc1c(C)c(C)c(S(=O)(=O)Nc2ccc(Cl)c(OC3CCN(C)C3)c2)c(C)c1C. The molecule has 1 saturated heterocycles. The maximum atomic E-state index is 13.3. The van der Waals surface area contributed by atoms with E-state index in [0.717, 1.165) is 47.3 Å². The molecule has 5 nitrogen and oxygen atoms in total. The average molecular weight is 437 g/mol.